The van der Waals surface area contributed by atoms with Crippen LogP contribution in [0.3, 0.4) is 0 Å². The van der Waals surface area contributed by atoms with Crippen LogP contribution in [0.2, 0.25) is 0 Å². The highest BCUT2D eigenvalue weighted by Gasteiger charge is 2.48. The van der Waals surface area contributed by atoms with Gasteiger partial charge in [0, 0.05) is 13.0 Å². The Morgan fingerprint density at radius 1 is 0.627 bits per heavy atom. The molecule has 13 heteroatoms. The van der Waals surface area contributed by atoms with Crippen LogP contribution in [0.1, 0.15) is 213 Å². The quantitative estimate of drug-likeness (QED) is 0.0198. The number of unbranched alkanes of at least 4 members (excludes halogenated alkanes) is 27. The highest BCUT2D eigenvalue weighted by Crippen LogP contribution is 2.26. The molecule has 12 nitrogen and oxygen atoms in total. The highest BCUT2D eigenvalue weighted by atomic mass is 32.3. The number of rotatable bonds is 42. The van der Waals surface area contributed by atoms with Crippen molar-refractivity contribution >= 4 is 16.4 Å². The van der Waals surface area contributed by atoms with Crippen LogP contribution in [0, 0.1) is 0 Å². The van der Waals surface area contributed by atoms with Gasteiger partial charge in [-0.05, 0) is 38.5 Å². The van der Waals surface area contributed by atoms with Gasteiger partial charge in [-0.2, -0.15) is 8.42 Å². The zero-order valence-electron chi connectivity index (χ0n) is 37.3. The standard InChI is InChI=1S/C46H88O12S/c1-3-5-7-9-11-12-13-14-15-16-17-18-19-20-21-22-23-24-25-26-27-28-29-30-32-34-36-54-38-40(56-42(48)35-33-31-10-8-6-4-2)39-55-46-44(50)45(58-59(51,52)53)43(49)41(37-47)57-46/h16-17,40-41,43-47,49-50H,3-15,18-39H2,1-2H3,(H,51,52,53)/b17-16-. The Morgan fingerprint density at radius 3 is 1.53 bits per heavy atom. The van der Waals surface area contributed by atoms with E-state index in [9.17, 15) is 28.5 Å². The van der Waals surface area contributed by atoms with Gasteiger partial charge in [0.2, 0.25) is 0 Å². The van der Waals surface area contributed by atoms with Crippen LogP contribution < -0.4 is 0 Å². The van der Waals surface area contributed by atoms with E-state index in [1.54, 1.807) is 0 Å². The van der Waals surface area contributed by atoms with Crippen molar-refractivity contribution in [3.8, 4) is 0 Å². The summed E-state index contributed by atoms with van der Waals surface area (Å²) in [5, 5.41) is 30.5. The molecule has 1 aliphatic heterocycles. The van der Waals surface area contributed by atoms with E-state index in [4.69, 9.17) is 23.5 Å². The Bertz CT molecular complexity index is 1090. The first-order chi connectivity index (χ1) is 28.6. The third kappa shape index (κ3) is 32.2. The maximum Gasteiger partial charge on any atom is 0.397 e. The molecule has 0 aromatic rings. The molecule has 6 unspecified atom stereocenters. The molecule has 4 N–H and O–H groups in total. The largest absolute Gasteiger partial charge is 0.457 e. The minimum atomic E-state index is -5.05. The van der Waals surface area contributed by atoms with E-state index in [-0.39, 0.29) is 19.6 Å². The Labute approximate surface area is 359 Å². The fraction of sp³-hybridized carbons (Fsp3) is 0.935. The molecule has 1 rings (SSSR count). The lowest BCUT2D eigenvalue weighted by atomic mass is 9.99. The van der Waals surface area contributed by atoms with Gasteiger partial charge in [-0.25, -0.2) is 4.18 Å². The first-order valence-corrected chi connectivity index (χ1v) is 25.3. The van der Waals surface area contributed by atoms with E-state index < -0.39 is 59.8 Å². The molecule has 0 saturated carbocycles. The summed E-state index contributed by atoms with van der Waals surface area (Å²) in [6.07, 6.45) is 33.1. The second-order valence-corrected chi connectivity index (χ2v) is 17.8. The Hall–Kier alpha value is -1.16. The fourth-order valence-corrected chi connectivity index (χ4v) is 8.00. The molecule has 1 heterocycles. The molecule has 6 atom stereocenters. The third-order valence-corrected chi connectivity index (χ3v) is 11.6. The van der Waals surface area contributed by atoms with Crippen LogP contribution in [0.5, 0.6) is 0 Å². The van der Waals surface area contributed by atoms with Crippen molar-refractivity contribution in [1.29, 1.82) is 0 Å². The van der Waals surface area contributed by atoms with Crippen molar-refractivity contribution in [1.82, 2.24) is 0 Å². The second kappa shape index (κ2) is 38.5. The van der Waals surface area contributed by atoms with Gasteiger partial charge >= 0.3 is 16.4 Å². The van der Waals surface area contributed by atoms with Gasteiger partial charge in [0.05, 0.1) is 19.8 Å². The molecular formula is C46H88O12S. The van der Waals surface area contributed by atoms with Crippen molar-refractivity contribution in [2.45, 2.75) is 250 Å². The van der Waals surface area contributed by atoms with Crippen LogP contribution in [-0.2, 0) is 38.3 Å². The van der Waals surface area contributed by atoms with Gasteiger partial charge < -0.3 is 34.3 Å². The van der Waals surface area contributed by atoms with Gasteiger partial charge in [-0.15, -0.1) is 0 Å². The van der Waals surface area contributed by atoms with Gasteiger partial charge in [0.25, 0.3) is 0 Å². The summed E-state index contributed by atoms with van der Waals surface area (Å²) in [5.74, 6) is -0.405. The molecule has 0 bridgehead atoms. The summed E-state index contributed by atoms with van der Waals surface area (Å²) >= 11 is 0. The van der Waals surface area contributed by atoms with Crippen LogP contribution in [0.25, 0.3) is 0 Å². The first-order valence-electron chi connectivity index (χ1n) is 23.9. The number of ether oxygens (including phenoxy) is 4. The summed E-state index contributed by atoms with van der Waals surface area (Å²) in [6.45, 7) is 3.94. The SMILES string of the molecule is CCCCCCCCCC/C=C\CCCCCCCCCCCCCCCCOCC(COC1OC(CO)C(O)C(OS(=O)(=O)O)C1O)OC(=O)CCCCCCCC. The second-order valence-electron chi connectivity index (χ2n) is 16.7. The monoisotopic (exact) mass is 865 g/mol. The zero-order valence-corrected chi connectivity index (χ0v) is 38.1. The maximum atomic E-state index is 12.7. The Balaban J connectivity index is 2.19. The maximum absolute atomic E-state index is 12.7. The van der Waals surface area contributed by atoms with Crippen molar-refractivity contribution in [2.24, 2.45) is 0 Å². The normalized spacial score (nSPS) is 20.4. The number of allylic oxidation sites excluding steroid dienone is 2. The highest BCUT2D eigenvalue weighted by molar-refractivity contribution is 7.80. The van der Waals surface area contributed by atoms with Gasteiger partial charge in [0.15, 0.2) is 6.29 Å². The predicted octanol–water partition coefficient (Wildman–Crippen LogP) is 10.2. The first kappa shape index (κ1) is 55.9. The number of carbonyl (C=O) groups is 1. The molecule has 0 spiro atoms. The average molecular weight is 865 g/mol. The third-order valence-electron chi connectivity index (χ3n) is 11.1. The molecule has 1 fully saturated rings. The van der Waals surface area contributed by atoms with Crippen LogP contribution in [-0.4, -0.2) is 97.5 Å². The molecule has 1 saturated heterocycles. The molecule has 0 aromatic heterocycles. The Kier molecular flexibility index (Phi) is 36.5. The summed E-state index contributed by atoms with van der Waals surface area (Å²) < 4.78 is 58.8. The smallest absolute Gasteiger partial charge is 0.397 e. The topological polar surface area (TPSA) is 178 Å². The molecule has 0 amide bonds. The number of esters is 1. The lowest BCUT2D eigenvalue weighted by Gasteiger charge is -2.41. The summed E-state index contributed by atoms with van der Waals surface area (Å²) in [5.41, 5.74) is 0. The number of hydrogen-bond acceptors (Lipinski definition) is 11. The summed E-state index contributed by atoms with van der Waals surface area (Å²) in [7, 11) is -5.05. The van der Waals surface area contributed by atoms with Crippen molar-refractivity contribution < 1.29 is 56.2 Å². The van der Waals surface area contributed by atoms with E-state index in [1.807, 2.05) is 0 Å². The summed E-state index contributed by atoms with van der Waals surface area (Å²) in [6, 6.07) is 0. The number of aliphatic hydroxyl groups excluding tert-OH is 3. The Morgan fingerprint density at radius 2 is 1.07 bits per heavy atom. The van der Waals surface area contributed by atoms with Crippen molar-refractivity contribution in [2.75, 3.05) is 26.4 Å². The molecule has 350 valence electrons. The van der Waals surface area contributed by atoms with E-state index in [0.29, 0.717) is 13.0 Å². The molecule has 0 radical (unpaired) electrons. The average Bonchev–Trinajstić information content (AvgIpc) is 3.21. The molecule has 59 heavy (non-hydrogen) atoms. The van der Waals surface area contributed by atoms with Crippen LogP contribution in [0.4, 0.5) is 0 Å². The molecule has 1 aliphatic rings. The van der Waals surface area contributed by atoms with Crippen LogP contribution in [0.15, 0.2) is 12.2 Å². The minimum absolute atomic E-state index is 0.0405. The van der Waals surface area contributed by atoms with E-state index in [2.05, 4.69) is 30.2 Å². The lowest BCUT2D eigenvalue weighted by Crippen LogP contribution is -2.60. The zero-order chi connectivity index (χ0) is 43.2. The lowest BCUT2D eigenvalue weighted by molar-refractivity contribution is -0.301. The van der Waals surface area contributed by atoms with Gasteiger partial charge in [0.1, 0.15) is 30.5 Å². The van der Waals surface area contributed by atoms with Gasteiger partial charge in [-0.3, -0.25) is 9.35 Å². The van der Waals surface area contributed by atoms with Crippen molar-refractivity contribution in [3.05, 3.63) is 12.2 Å². The number of carbonyl (C=O) groups excluding carboxylic acids is 1. The summed E-state index contributed by atoms with van der Waals surface area (Å²) in [4.78, 5) is 12.7. The van der Waals surface area contributed by atoms with E-state index in [1.165, 1.54) is 141 Å². The van der Waals surface area contributed by atoms with E-state index in [0.717, 1.165) is 44.9 Å². The molecule has 0 aliphatic carbocycles. The van der Waals surface area contributed by atoms with E-state index >= 15 is 0 Å². The number of aliphatic hydroxyl groups is 3. The minimum Gasteiger partial charge on any atom is -0.457 e. The number of hydrogen-bond donors (Lipinski definition) is 4. The molecular weight excluding hydrogens is 777 g/mol. The van der Waals surface area contributed by atoms with Crippen LogP contribution >= 0.6 is 0 Å². The predicted molar refractivity (Wildman–Crippen MR) is 234 cm³/mol. The molecule has 0 aromatic carbocycles. The fourth-order valence-electron chi connectivity index (χ4n) is 7.49. The van der Waals surface area contributed by atoms with Gasteiger partial charge in [-0.1, -0.05) is 180 Å². The van der Waals surface area contributed by atoms with Crippen molar-refractivity contribution in [3.63, 3.8) is 0 Å².